The van der Waals surface area contributed by atoms with Crippen molar-refractivity contribution in [3.63, 3.8) is 0 Å². The molecule has 1 aromatic heterocycles. The second-order valence-electron chi connectivity index (χ2n) is 2.77. The number of aliphatic hydroxyl groups excluding tert-OH is 1. The van der Waals surface area contributed by atoms with Crippen molar-refractivity contribution in [3.05, 3.63) is 38.8 Å². The third kappa shape index (κ3) is 2.40. The van der Waals surface area contributed by atoms with Crippen LogP contribution >= 0.6 is 0 Å². The Labute approximate surface area is 79.6 Å². The first-order valence-electron chi connectivity index (χ1n) is 4.10. The minimum Gasteiger partial charge on any atom is -0.396 e. The molecule has 6 nitrogen and oxygen atoms in total. The lowest BCUT2D eigenvalue weighted by Crippen LogP contribution is -2.11. The second kappa shape index (κ2) is 4.52. The lowest BCUT2D eigenvalue weighted by atomic mass is 10.4. The summed E-state index contributed by atoms with van der Waals surface area (Å²) in [5.74, 6) is 0. The molecule has 0 unspecified atom stereocenters. The van der Waals surface area contributed by atoms with Gasteiger partial charge in [-0.2, -0.15) is 0 Å². The summed E-state index contributed by atoms with van der Waals surface area (Å²) in [5.41, 5.74) is -1.04. The molecule has 1 rings (SSSR count). The first-order chi connectivity index (χ1) is 6.65. The number of aliphatic hydroxyl groups is 1. The minimum absolute atomic E-state index is 0.0138. The minimum atomic E-state index is -0.711. The fourth-order valence-corrected chi connectivity index (χ4v) is 1.04. The normalized spacial score (nSPS) is 10.1. The molecule has 0 aliphatic carbocycles. The van der Waals surface area contributed by atoms with Crippen LogP contribution in [0.3, 0.4) is 0 Å². The van der Waals surface area contributed by atoms with Gasteiger partial charge in [-0.3, -0.25) is 14.9 Å². The fraction of sp³-hybridized carbons (Fsp3) is 0.375. The Bertz CT molecular complexity index is 385. The van der Waals surface area contributed by atoms with Crippen LogP contribution < -0.4 is 5.43 Å². The van der Waals surface area contributed by atoms with Crippen LogP contribution in [0.15, 0.2) is 23.3 Å². The molecule has 0 amide bonds. The van der Waals surface area contributed by atoms with Crippen molar-refractivity contribution < 1.29 is 10.0 Å². The van der Waals surface area contributed by atoms with Gasteiger partial charge >= 0.3 is 5.69 Å². The maximum Gasteiger partial charge on any atom is 0.332 e. The highest BCUT2D eigenvalue weighted by Gasteiger charge is 2.10. The van der Waals surface area contributed by atoms with Crippen molar-refractivity contribution in [2.24, 2.45) is 0 Å². The van der Waals surface area contributed by atoms with Crippen LogP contribution in [0, 0.1) is 10.1 Å². The van der Waals surface area contributed by atoms with Crippen molar-refractivity contribution >= 4 is 5.69 Å². The Kier molecular flexibility index (Phi) is 3.35. The zero-order valence-electron chi connectivity index (χ0n) is 7.42. The molecule has 14 heavy (non-hydrogen) atoms. The molecule has 76 valence electrons. The lowest BCUT2D eigenvalue weighted by molar-refractivity contribution is -0.386. The van der Waals surface area contributed by atoms with Gasteiger partial charge in [0.2, 0.25) is 0 Å². The average molecular weight is 198 g/mol. The Morgan fingerprint density at radius 2 is 2.29 bits per heavy atom. The number of hydrogen-bond acceptors (Lipinski definition) is 4. The number of pyridine rings is 1. The number of hydrogen-bond donors (Lipinski definition) is 1. The van der Waals surface area contributed by atoms with E-state index >= 15 is 0 Å². The standard InChI is InChI=1S/C8H10N2O4/c11-5-1-3-9-4-2-8(12)7(6-9)10(13)14/h2,4,6,11H,1,3,5H2. The topological polar surface area (TPSA) is 85.4 Å². The van der Waals surface area contributed by atoms with E-state index in [9.17, 15) is 14.9 Å². The summed E-state index contributed by atoms with van der Waals surface area (Å²) in [4.78, 5) is 20.7. The molecule has 1 N–H and O–H groups in total. The quantitative estimate of drug-likeness (QED) is 0.550. The summed E-state index contributed by atoms with van der Waals surface area (Å²) in [6, 6.07) is 1.15. The lowest BCUT2D eigenvalue weighted by Gasteiger charge is -2.03. The van der Waals surface area contributed by atoms with E-state index in [1.165, 1.54) is 17.0 Å². The molecule has 0 aliphatic rings. The third-order valence-electron chi connectivity index (χ3n) is 1.73. The molecule has 0 aromatic carbocycles. The summed E-state index contributed by atoms with van der Waals surface area (Å²) < 4.78 is 1.51. The maximum atomic E-state index is 11.0. The van der Waals surface area contributed by atoms with Crippen LogP contribution in [0.2, 0.25) is 0 Å². The van der Waals surface area contributed by atoms with Crippen LogP contribution in [0.1, 0.15) is 6.42 Å². The molecule has 0 atom stereocenters. The van der Waals surface area contributed by atoms with Gasteiger partial charge < -0.3 is 9.67 Å². The largest absolute Gasteiger partial charge is 0.396 e. The summed E-state index contributed by atoms with van der Waals surface area (Å²) in [6.07, 6.45) is 3.14. The first kappa shape index (κ1) is 10.4. The van der Waals surface area contributed by atoms with Gasteiger partial charge in [-0.15, -0.1) is 0 Å². The van der Waals surface area contributed by atoms with Gasteiger partial charge in [0.15, 0.2) is 0 Å². The molecule has 0 radical (unpaired) electrons. The molecule has 0 aliphatic heterocycles. The predicted octanol–water partition coefficient (Wildman–Crippen LogP) is 0.139. The number of nitro groups is 1. The van der Waals surface area contributed by atoms with Gasteiger partial charge in [0, 0.05) is 25.4 Å². The average Bonchev–Trinajstić information content (AvgIpc) is 2.16. The number of nitrogens with zero attached hydrogens (tertiary/aromatic N) is 2. The van der Waals surface area contributed by atoms with Crippen molar-refractivity contribution in [3.8, 4) is 0 Å². The van der Waals surface area contributed by atoms with E-state index in [0.29, 0.717) is 13.0 Å². The van der Waals surface area contributed by atoms with E-state index in [0.717, 1.165) is 6.07 Å². The molecule has 0 saturated heterocycles. The van der Waals surface area contributed by atoms with E-state index < -0.39 is 16.0 Å². The molecule has 0 saturated carbocycles. The Morgan fingerprint density at radius 1 is 1.57 bits per heavy atom. The van der Waals surface area contributed by atoms with Crippen LogP contribution in [0.25, 0.3) is 0 Å². The van der Waals surface area contributed by atoms with E-state index in [1.54, 1.807) is 0 Å². The SMILES string of the molecule is O=c1ccn(CCCO)cc1[N+](=O)[O-]. The fourth-order valence-electron chi connectivity index (χ4n) is 1.04. The van der Waals surface area contributed by atoms with Crippen molar-refractivity contribution in [2.75, 3.05) is 6.61 Å². The zero-order chi connectivity index (χ0) is 10.6. The molecule has 1 heterocycles. The molecule has 0 spiro atoms. The molecular formula is C8H10N2O4. The van der Waals surface area contributed by atoms with Crippen LogP contribution in [-0.2, 0) is 6.54 Å². The highest BCUT2D eigenvalue weighted by atomic mass is 16.6. The monoisotopic (exact) mass is 198 g/mol. The summed E-state index contributed by atoms with van der Waals surface area (Å²) >= 11 is 0. The van der Waals surface area contributed by atoms with Crippen molar-refractivity contribution in [1.82, 2.24) is 4.57 Å². The summed E-state index contributed by atoms with van der Waals surface area (Å²) in [6.45, 7) is 0.470. The van der Waals surface area contributed by atoms with E-state index in [4.69, 9.17) is 5.11 Å². The van der Waals surface area contributed by atoms with E-state index in [1.807, 2.05) is 0 Å². The summed E-state index contributed by atoms with van der Waals surface area (Å²) in [7, 11) is 0. The van der Waals surface area contributed by atoms with Gasteiger partial charge in [0.25, 0.3) is 5.43 Å². The maximum absolute atomic E-state index is 11.0. The van der Waals surface area contributed by atoms with Crippen molar-refractivity contribution in [1.29, 1.82) is 0 Å². The highest BCUT2D eigenvalue weighted by molar-refractivity contribution is 5.25. The first-order valence-corrected chi connectivity index (χ1v) is 4.10. The Balaban J connectivity index is 2.95. The van der Waals surface area contributed by atoms with Gasteiger partial charge in [-0.1, -0.05) is 0 Å². The zero-order valence-corrected chi connectivity index (χ0v) is 7.42. The Morgan fingerprint density at radius 3 is 2.86 bits per heavy atom. The molecule has 1 aromatic rings. The van der Waals surface area contributed by atoms with Crippen molar-refractivity contribution in [2.45, 2.75) is 13.0 Å². The van der Waals surface area contributed by atoms with Crippen LogP contribution in [-0.4, -0.2) is 21.2 Å². The van der Waals surface area contributed by atoms with Gasteiger partial charge in [0.1, 0.15) is 0 Å². The molecule has 0 fully saturated rings. The van der Waals surface area contributed by atoms with E-state index in [-0.39, 0.29) is 6.61 Å². The Hall–Kier alpha value is -1.69. The number of aryl methyl sites for hydroxylation is 1. The summed E-state index contributed by atoms with van der Waals surface area (Å²) in [5, 5.41) is 18.9. The smallest absolute Gasteiger partial charge is 0.332 e. The van der Waals surface area contributed by atoms with Gasteiger partial charge in [0.05, 0.1) is 11.1 Å². The molecule has 6 heteroatoms. The number of aromatic nitrogens is 1. The van der Waals surface area contributed by atoms with Gasteiger partial charge in [-0.05, 0) is 6.42 Å². The van der Waals surface area contributed by atoms with E-state index in [2.05, 4.69) is 0 Å². The number of rotatable bonds is 4. The predicted molar refractivity (Wildman–Crippen MR) is 49.1 cm³/mol. The third-order valence-corrected chi connectivity index (χ3v) is 1.73. The highest BCUT2D eigenvalue weighted by Crippen LogP contribution is 2.02. The second-order valence-corrected chi connectivity index (χ2v) is 2.77. The molecule has 0 bridgehead atoms. The molecular weight excluding hydrogens is 188 g/mol. The van der Waals surface area contributed by atoms with Crippen LogP contribution in [0.5, 0.6) is 0 Å². The van der Waals surface area contributed by atoms with Crippen LogP contribution in [0.4, 0.5) is 5.69 Å². The van der Waals surface area contributed by atoms with Gasteiger partial charge in [-0.25, -0.2) is 0 Å².